The zero-order chi connectivity index (χ0) is 14.7. The molecule has 0 aromatic heterocycles. The van der Waals surface area contributed by atoms with Crippen LogP contribution in [0.1, 0.15) is 46.0 Å². The molecule has 0 aliphatic heterocycles. The maximum absolute atomic E-state index is 11.8. The predicted molar refractivity (Wildman–Crippen MR) is 78.0 cm³/mol. The van der Waals surface area contributed by atoms with Crippen LogP contribution in [0.25, 0.3) is 10.8 Å². The number of carbonyl (C=O) groups is 2. The van der Waals surface area contributed by atoms with Crippen molar-refractivity contribution in [2.45, 2.75) is 26.2 Å². The summed E-state index contributed by atoms with van der Waals surface area (Å²) in [6.45, 7) is 2.06. The molecule has 0 atom stereocenters. The van der Waals surface area contributed by atoms with E-state index in [-0.39, 0.29) is 5.56 Å². The molecule has 0 aliphatic carbocycles. The molecule has 0 aliphatic rings. The summed E-state index contributed by atoms with van der Waals surface area (Å²) in [4.78, 5) is 23.2. The topological polar surface area (TPSA) is 80.4 Å². The fourth-order valence-electron chi connectivity index (χ4n) is 2.46. The molecule has 3 N–H and O–H groups in total. The molecule has 0 heterocycles. The molecule has 0 spiro atoms. The lowest BCUT2D eigenvalue weighted by atomic mass is 9.92. The number of rotatable bonds is 5. The number of aromatic carboxylic acids is 1. The largest absolute Gasteiger partial charge is 0.478 e. The van der Waals surface area contributed by atoms with Gasteiger partial charge in [0.05, 0.1) is 11.1 Å². The molecule has 4 nitrogen and oxygen atoms in total. The minimum Gasteiger partial charge on any atom is -0.478 e. The monoisotopic (exact) mass is 271 g/mol. The van der Waals surface area contributed by atoms with Crippen LogP contribution >= 0.6 is 0 Å². The summed E-state index contributed by atoms with van der Waals surface area (Å²) < 4.78 is 0. The third-order valence-corrected chi connectivity index (χ3v) is 3.41. The molecule has 2 aromatic carbocycles. The number of carbonyl (C=O) groups excluding carboxylic acids is 1. The van der Waals surface area contributed by atoms with Crippen LogP contribution in [-0.2, 0) is 6.42 Å². The van der Waals surface area contributed by atoms with Gasteiger partial charge in [-0.3, -0.25) is 4.79 Å². The number of aryl methyl sites for hydroxylation is 1. The molecule has 4 heteroatoms. The van der Waals surface area contributed by atoms with E-state index in [0.29, 0.717) is 10.9 Å². The minimum atomic E-state index is -1.05. The average Bonchev–Trinajstić information content (AvgIpc) is 2.43. The van der Waals surface area contributed by atoms with Crippen LogP contribution in [0.15, 0.2) is 30.3 Å². The fraction of sp³-hybridized carbons (Fsp3) is 0.250. The van der Waals surface area contributed by atoms with Crippen LogP contribution in [0.2, 0.25) is 0 Å². The van der Waals surface area contributed by atoms with E-state index in [4.69, 9.17) is 5.73 Å². The van der Waals surface area contributed by atoms with Crippen LogP contribution in [0.3, 0.4) is 0 Å². The van der Waals surface area contributed by atoms with Gasteiger partial charge in [0.25, 0.3) is 0 Å². The van der Waals surface area contributed by atoms with Crippen molar-refractivity contribution in [3.8, 4) is 0 Å². The van der Waals surface area contributed by atoms with Gasteiger partial charge in [-0.05, 0) is 29.9 Å². The molecule has 1 amide bonds. The summed E-state index contributed by atoms with van der Waals surface area (Å²) in [6.07, 6.45) is 2.65. The van der Waals surface area contributed by atoms with Crippen molar-refractivity contribution >= 4 is 22.6 Å². The highest BCUT2D eigenvalue weighted by Gasteiger charge is 2.18. The summed E-state index contributed by atoms with van der Waals surface area (Å²) in [5, 5.41) is 10.5. The number of hydrogen-bond acceptors (Lipinski definition) is 2. The highest BCUT2D eigenvalue weighted by atomic mass is 16.4. The Kier molecular flexibility index (Phi) is 4.03. The third kappa shape index (κ3) is 2.50. The van der Waals surface area contributed by atoms with Crippen molar-refractivity contribution in [3.63, 3.8) is 0 Å². The van der Waals surface area contributed by atoms with Crippen LogP contribution in [0, 0.1) is 0 Å². The van der Waals surface area contributed by atoms with Crippen LogP contribution < -0.4 is 5.73 Å². The molecule has 20 heavy (non-hydrogen) atoms. The second kappa shape index (κ2) is 5.74. The van der Waals surface area contributed by atoms with Crippen LogP contribution in [0.5, 0.6) is 0 Å². The lowest BCUT2D eigenvalue weighted by Gasteiger charge is -2.12. The van der Waals surface area contributed by atoms with Crippen LogP contribution in [-0.4, -0.2) is 17.0 Å². The van der Waals surface area contributed by atoms with E-state index in [1.54, 1.807) is 12.1 Å². The van der Waals surface area contributed by atoms with Gasteiger partial charge >= 0.3 is 5.97 Å². The van der Waals surface area contributed by atoms with Gasteiger partial charge < -0.3 is 10.8 Å². The number of carboxylic acid groups (broad SMARTS) is 1. The minimum absolute atomic E-state index is 0.120. The Hall–Kier alpha value is -2.36. The molecular weight excluding hydrogens is 254 g/mol. The molecule has 0 fully saturated rings. The Morgan fingerprint density at radius 3 is 2.55 bits per heavy atom. The molecule has 0 unspecified atom stereocenters. The Morgan fingerprint density at radius 2 is 1.95 bits per heavy atom. The van der Waals surface area contributed by atoms with Gasteiger partial charge in [-0.15, -0.1) is 0 Å². The van der Waals surface area contributed by atoms with Crippen molar-refractivity contribution in [3.05, 3.63) is 47.0 Å². The standard InChI is InChI=1S/C16H17NO3/c1-2-3-5-11-9-8-10-6-4-7-12(16(19)20)13(10)14(11)15(17)18/h4,6-9H,2-3,5H2,1H3,(H2,17,18)(H,19,20). The number of unbranched alkanes of at least 4 members (excludes halogenated alkanes) is 1. The Morgan fingerprint density at radius 1 is 1.20 bits per heavy atom. The first kappa shape index (κ1) is 14.1. The van der Waals surface area contributed by atoms with Gasteiger partial charge in [0.1, 0.15) is 0 Å². The first-order chi connectivity index (χ1) is 9.56. The molecular formula is C16H17NO3. The highest BCUT2D eigenvalue weighted by molar-refractivity contribution is 6.14. The second-order valence-corrected chi connectivity index (χ2v) is 4.78. The van der Waals surface area contributed by atoms with Gasteiger partial charge in [0.15, 0.2) is 0 Å². The van der Waals surface area contributed by atoms with Crippen LogP contribution in [0.4, 0.5) is 0 Å². The quantitative estimate of drug-likeness (QED) is 0.877. The number of amides is 1. The van der Waals surface area contributed by atoms with E-state index in [9.17, 15) is 14.7 Å². The maximum atomic E-state index is 11.8. The van der Waals surface area contributed by atoms with Gasteiger partial charge in [-0.2, -0.15) is 0 Å². The van der Waals surface area contributed by atoms with E-state index in [1.165, 1.54) is 6.07 Å². The van der Waals surface area contributed by atoms with E-state index < -0.39 is 11.9 Å². The number of primary amides is 1. The van der Waals surface area contributed by atoms with Gasteiger partial charge in [-0.1, -0.05) is 37.6 Å². The molecule has 2 rings (SSSR count). The summed E-state index contributed by atoms with van der Waals surface area (Å²) in [5.74, 6) is -1.62. The van der Waals surface area contributed by atoms with Crippen molar-refractivity contribution in [1.82, 2.24) is 0 Å². The SMILES string of the molecule is CCCCc1ccc2cccc(C(=O)O)c2c1C(N)=O. The number of benzene rings is 2. The number of carboxylic acids is 1. The summed E-state index contributed by atoms with van der Waals surface area (Å²) in [7, 11) is 0. The Balaban J connectivity index is 2.78. The van der Waals surface area contributed by atoms with Crippen molar-refractivity contribution in [2.24, 2.45) is 5.73 Å². The lowest BCUT2D eigenvalue weighted by molar-refractivity contribution is 0.0699. The lowest BCUT2D eigenvalue weighted by Crippen LogP contribution is -2.16. The van der Waals surface area contributed by atoms with E-state index in [1.807, 2.05) is 12.1 Å². The molecule has 0 saturated carbocycles. The number of fused-ring (bicyclic) bond motifs is 1. The van der Waals surface area contributed by atoms with Crippen molar-refractivity contribution in [1.29, 1.82) is 0 Å². The Labute approximate surface area is 117 Å². The van der Waals surface area contributed by atoms with Gasteiger partial charge in [0, 0.05) is 5.39 Å². The molecule has 0 bridgehead atoms. The Bertz CT molecular complexity index is 677. The summed E-state index contributed by atoms with van der Waals surface area (Å²) in [5.41, 5.74) is 6.77. The first-order valence-electron chi connectivity index (χ1n) is 6.64. The zero-order valence-corrected chi connectivity index (χ0v) is 11.3. The molecule has 0 saturated heterocycles. The predicted octanol–water partition coefficient (Wildman–Crippen LogP) is 2.98. The molecule has 0 radical (unpaired) electrons. The highest BCUT2D eigenvalue weighted by Crippen LogP contribution is 2.27. The fourth-order valence-corrected chi connectivity index (χ4v) is 2.46. The number of nitrogens with two attached hydrogens (primary N) is 1. The van der Waals surface area contributed by atoms with Crippen molar-refractivity contribution in [2.75, 3.05) is 0 Å². The molecule has 104 valence electrons. The van der Waals surface area contributed by atoms with E-state index in [2.05, 4.69) is 6.92 Å². The first-order valence-corrected chi connectivity index (χ1v) is 6.64. The number of hydrogen-bond donors (Lipinski definition) is 2. The molecule has 2 aromatic rings. The van der Waals surface area contributed by atoms with E-state index in [0.717, 1.165) is 30.2 Å². The van der Waals surface area contributed by atoms with Gasteiger partial charge in [-0.25, -0.2) is 4.79 Å². The normalized spacial score (nSPS) is 10.7. The maximum Gasteiger partial charge on any atom is 0.336 e. The second-order valence-electron chi connectivity index (χ2n) is 4.78. The smallest absolute Gasteiger partial charge is 0.336 e. The zero-order valence-electron chi connectivity index (χ0n) is 11.3. The summed E-state index contributed by atoms with van der Waals surface area (Å²) >= 11 is 0. The van der Waals surface area contributed by atoms with Gasteiger partial charge in [0.2, 0.25) is 5.91 Å². The van der Waals surface area contributed by atoms with E-state index >= 15 is 0 Å². The third-order valence-electron chi connectivity index (χ3n) is 3.41. The summed E-state index contributed by atoms with van der Waals surface area (Å²) in [6, 6.07) is 8.67. The average molecular weight is 271 g/mol. The van der Waals surface area contributed by atoms with Crippen molar-refractivity contribution < 1.29 is 14.7 Å².